The number of thiazole rings is 1. The molecule has 0 saturated heterocycles. The van der Waals surface area contributed by atoms with Gasteiger partial charge < -0.3 is 20.0 Å². The maximum atomic E-state index is 10.9. The fourth-order valence-electron chi connectivity index (χ4n) is 1.78. The number of aromatic nitrogens is 1. The Bertz CT molecular complexity index is 610. The van der Waals surface area contributed by atoms with Crippen LogP contribution in [0.2, 0.25) is 0 Å². The molecule has 0 aliphatic rings. The summed E-state index contributed by atoms with van der Waals surface area (Å²) in [6.07, 6.45) is 0. The standard InChI is InChI=1S/C14H16N2O3S/c1-3-19-11-7-5-4-6-10(11)8-15-14-16-9(2)12(20-14)13(17)18/h4-7H,3,8H2,1-2H3,(H,15,16)(H,17,18)/p-1. The zero-order chi connectivity index (χ0) is 14.5. The molecule has 0 aliphatic heterocycles. The minimum atomic E-state index is -1.19. The highest BCUT2D eigenvalue weighted by Crippen LogP contribution is 2.24. The van der Waals surface area contributed by atoms with Crippen LogP contribution in [0.15, 0.2) is 24.3 Å². The number of para-hydroxylation sites is 1. The number of aryl methyl sites for hydroxylation is 1. The molecule has 2 aromatic rings. The summed E-state index contributed by atoms with van der Waals surface area (Å²) in [5.41, 5.74) is 1.47. The van der Waals surface area contributed by atoms with Crippen molar-refractivity contribution in [2.75, 3.05) is 11.9 Å². The van der Waals surface area contributed by atoms with Crippen molar-refractivity contribution >= 4 is 22.4 Å². The van der Waals surface area contributed by atoms with Crippen molar-refractivity contribution in [2.45, 2.75) is 20.4 Å². The first-order valence-electron chi connectivity index (χ1n) is 6.25. The maximum Gasteiger partial charge on any atom is 0.183 e. The van der Waals surface area contributed by atoms with Gasteiger partial charge in [-0.2, -0.15) is 0 Å². The first-order valence-corrected chi connectivity index (χ1v) is 7.06. The molecule has 2 rings (SSSR count). The van der Waals surface area contributed by atoms with Gasteiger partial charge in [-0.15, -0.1) is 0 Å². The number of carboxylic acid groups (broad SMARTS) is 1. The van der Waals surface area contributed by atoms with Gasteiger partial charge in [-0.25, -0.2) is 4.98 Å². The van der Waals surface area contributed by atoms with Gasteiger partial charge in [0.15, 0.2) is 5.13 Å². The highest BCUT2D eigenvalue weighted by molar-refractivity contribution is 7.17. The van der Waals surface area contributed by atoms with Crippen LogP contribution in [0.3, 0.4) is 0 Å². The Morgan fingerprint density at radius 1 is 1.45 bits per heavy atom. The number of nitrogens with zero attached hydrogens (tertiary/aromatic N) is 1. The summed E-state index contributed by atoms with van der Waals surface area (Å²) < 4.78 is 5.53. The van der Waals surface area contributed by atoms with Gasteiger partial charge in [-0.05, 0) is 19.9 Å². The molecule has 6 heteroatoms. The molecule has 0 saturated carbocycles. The fourth-order valence-corrected chi connectivity index (χ4v) is 2.58. The minimum absolute atomic E-state index is 0.158. The number of aromatic carboxylic acids is 1. The number of rotatable bonds is 6. The van der Waals surface area contributed by atoms with Crippen LogP contribution in [0.25, 0.3) is 0 Å². The van der Waals surface area contributed by atoms with Gasteiger partial charge in [0.05, 0.1) is 23.1 Å². The topological polar surface area (TPSA) is 74.3 Å². The van der Waals surface area contributed by atoms with E-state index < -0.39 is 5.97 Å². The Hall–Kier alpha value is -2.08. The SMILES string of the molecule is CCOc1ccccc1CNc1nc(C)c(C(=O)[O-])s1. The van der Waals surface area contributed by atoms with Crippen molar-refractivity contribution in [3.8, 4) is 5.75 Å². The van der Waals surface area contributed by atoms with E-state index >= 15 is 0 Å². The Labute approximate surface area is 121 Å². The molecule has 1 heterocycles. The molecule has 1 N–H and O–H groups in total. The quantitative estimate of drug-likeness (QED) is 0.879. The average molecular weight is 291 g/mol. The number of ether oxygens (including phenoxy) is 1. The van der Waals surface area contributed by atoms with Crippen LogP contribution in [0.4, 0.5) is 5.13 Å². The van der Waals surface area contributed by atoms with E-state index in [0.29, 0.717) is 24.0 Å². The number of carbonyl (C=O) groups excluding carboxylic acids is 1. The van der Waals surface area contributed by atoms with Crippen LogP contribution in [0, 0.1) is 6.92 Å². The lowest BCUT2D eigenvalue weighted by atomic mass is 10.2. The number of anilines is 1. The van der Waals surface area contributed by atoms with Crippen LogP contribution in [-0.4, -0.2) is 17.6 Å². The van der Waals surface area contributed by atoms with Gasteiger partial charge in [0, 0.05) is 12.1 Å². The van der Waals surface area contributed by atoms with Crippen LogP contribution >= 0.6 is 11.3 Å². The predicted octanol–water partition coefficient (Wildman–Crippen LogP) is 1.83. The Balaban J connectivity index is 2.09. The van der Waals surface area contributed by atoms with E-state index in [1.807, 2.05) is 31.2 Å². The largest absolute Gasteiger partial charge is 0.544 e. The molecule has 0 bridgehead atoms. The highest BCUT2D eigenvalue weighted by atomic mass is 32.1. The van der Waals surface area contributed by atoms with Crippen LogP contribution in [0.1, 0.15) is 27.9 Å². The van der Waals surface area contributed by atoms with Gasteiger partial charge in [0.1, 0.15) is 5.75 Å². The molecule has 0 aliphatic carbocycles. The number of hydrogen-bond donors (Lipinski definition) is 1. The first-order chi connectivity index (χ1) is 9.61. The van der Waals surface area contributed by atoms with Crippen molar-refractivity contribution in [2.24, 2.45) is 0 Å². The maximum absolute atomic E-state index is 10.9. The van der Waals surface area contributed by atoms with Crippen LogP contribution < -0.4 is 15.2 Å². The van der Waals surface area contributed by atoms with E-state index in [2.05, 4.69) is 10.3 Å². The molecular formula is C14H15N2O3S-. The lowest BCUT2D eigenvalue weighted by molar-refractivity contribution is -0.254. The van der Waals surface area contributed by atoms with Gasteiger partial charge in [-0.1, -0.05) is 29.5 Å². The summed E-state index contributed by atoms with van der Waals surface area (Å²) >= 11 is 1.08. The summed E-state index contributed by atoms with van der Waals surface area (Å²) in [5.74, 6) is -0.376. The Kier molecular flexibility index (Phi) is 4.57. The molecule has 0 radical (unpaired) electrons. The van der Waals surface area contributed by atoms with E-state index in [4.69, 9.17) is 4.74 Å². The van der Waals surface area contributed by atoms with Gasteiger partial charge >= 0.3 is 0 Å². The van der Waals surface area contributed by atoms with E-state index in [1.165, 1.54) is 0 Å². The van der Waals surface area contributed by atoms with Crippen LogP contribution in [-0.2, 0) is 6.54 Å². The monoisotopic (exact) mass is 291 g/mol. The lowest BCUT2D eigenvalue weighted by Crippen LogP contribution is -2.21. The predicted molar refractivity (Wildman–Crippen MR) is 76.1 cm³/mol. The highest BCUT2D eigenvalue weighted by Gasteiger charge is 2.09. The normalized spacial score (nSPS) is 10.3. The smallest absolute Gasteiger partial charge is 0.183 e. The molecule has 0 atom stereocenters. The molecule has 0 unspecified atom stereocenters. The Morgan fingerprint density at radius 3 is 2.85 bits per heavy atom. The zero-order valence-electron chi connectivity index (χ0n) is 11.3. The minimum Gasteiger partial charge on any atom is -0.544 e. The van der Waals surface area contributed by atoms with Gasteiger partial charge in [-0.3, -0.25) is 0 Å². The molecule has 1 aromatic carbocycles. The van der Waals surface area contributed by atoms with E-state index in [0.717, 1.165) is 22.6 Å². The summed E-state index contributed by atoms with van der Waals surface area (Å²) in [6.45, 7) is 4.71. The van der Waals surface area contributed by atoms with Crippen molar-refractivity contribution in [1.82, 2.24) is 4.98 Å². The third-order valence-electron chi connectivity index (χ3n) is 2.68. The number of carbonyl (C=O) groups is 1. The van der Waals surface area contributed by atoms with Gasteiger partial charge in [0.2, 0.25) is 0 Å². The molecule has 0 spiro atoms. The van der Waals surface area contributed by atoms with Crippen molar-refractivity contribution < 1.29 is 14.6 Å². The fraction of sp³-hybridized carbons (Fsp3) is 0.286. The molecular weight excluding hydrogens is 276 g/mol. The second kappa shape index (κ2) is 6.38. The van der Waals surface area contributed by atoms with Crippen molar-refractivity contribution in [3.63, 3.8) is 0 Å². The third-order valence-corrected chi connectivity index (χ3v) is 3.78. The third kappa shape index (κ3) is 3.27. The number of carboxylic acids is 1. The van der Waals surface area contributed by atoms with E-state index in [-0.39, 0.29) is 4.88 Å². The number of benzene rings is 1. The van der Waals surface area contributed by atoms with E-state index in [9.17, 15) is 9.90 Å². The van der Waals surface area contributed by atoms with E-state index in [1.54, 1.807) is 6.92 Å². The molecule has 0 fully saturated rings. The average Bonchev–Trinajstić information content (AvgIpc) is 2.79. The van der Waals surface area contributed by atoms with Crippen molar-refractivity contribution in [3.05, 3.63) is 40.4 Å². The Morgan fingerprint density at radius 2 is 2.20 bits per heavy atom. The molecule has 5 nitrogen and oxygen atoms in total. The zero-order valence-corrected chi connectivity index (χ0v) is 12.1. The molecule has 0 amide bonds. The summed E-state index contributed by atoms with van der Waals surface area (Å²) in [6, 6.07) is 7.70. The lowest BCUT2D eigenvalue weighted by Gasteiger charge is -2.10. The second-order valence-electron chi connectivity index (χ2n) is 4.12. The number of hydrogen-bond acceptors (Lipinski definition) is 6. The summed E-state index contributed by atoms with van der Waals surface area (Å²) in [4.78, 5) is 15.2. The van der Waals surface area contributed by atoms with Crippen molar-refractivity contribution in [1.29, 1.82) is 0 Å². The second-order valence-corrected chi connectivity index (χ2v) is 5.11. The van der Waals surface area contributed by atoms with Crippen LogP contribution in [0.5, 0.6) is 5.75 Å². The van der Waals surface area contributed by atoms with Gasteiger partial charge in [0.25, 0.3) is 0 Å². The molecule has 1 aromatic heterocycles. The molecule has 106 valence electrons. The molecule has 20 heavy (non-hydrogen) atoms. The number of nitrogens with one attached hydrogen (secondary N) is 1. The summed E-state index contributed by atoms with van der Waals surface area (Å²) in [7, 11) is 0. The first kappa shape index (κ1) is 14.3. The summed E-state index contributed by atoms with van der Waals surface area (Å²) in [5, 5.41) is 14.5.